The minimum Gasteiger partial charge on any atom is -0.480 e. The second-order valence-electron chi connectivity index (χ2n) is 20.5. The van der Waals surface area contributed by atoms with Crippen molar-refractivity contribution >= 4 is 78.2 Å². The molecule has 0 rings (SSSR count). The Morgan fingerprint density at radius 3 is 0.753 bits per heavy atom. The zero-order valence-electron chi connectivity index (χ0n) is 51.5. The molecule has 0 aromatic heterocycles. The summed E-state index contributed by atoms with van der Waals surface area (Å²) in [7, 11) is 0. The Morgan fingerprint density at radius 1 is 0.320 bits per heavy atom. The number of aliphatic hydroxyl groups is 20. The van der Waals surface area contributed by atoms with E-state index in [1.165, 1.54) is 0 Å². The van der Waals surface area contributed by atoms with Gasteiger partial charge in [0, 0.05) is 52.4 Å². The van der Waals surface area contributed by atoms with Crippen LogP contribution < -0.4 is 10.6 Å². The Kier molecular flexibility index (Phi) is 45.4. The van der Waals surface area contributed by atoms with Crippen molar-refractivity contribution in [3.63, 3.8) is 0 Å². The summed E-state index contributed by atoms with van der Waals surface area (Å²) in [6.45, 7) is -16.9. The molecule has 97 heavy (non-hydrogen) atoms. The van der Waals surface area contributed by atoms with E-state index >= 15 is 0 Å². The SMILES string of the molecule is O=C(O)CN(CCN(CC(=O)O)CC(=O)NCCN(C(=O)CO/N=C/C(O)C(O)[C@H](O)C(O)CO)C(=O)CO/N=C/C(O)C(O)[C@H](O)C(O)CO)CCN(CC(=O)O)CC(=O)NCCN(C(=O)CO/N=C/C(O)C(O)[C@H](O)C(O)CO)C(=O)CO/N=C/C(O)C(O)[C@H](O)C(O)CO. The van der Waals surface area contributed by atoms with Gasteiger partial charge in [-0.2, -0.15) is 0 Å². The third-order valence-corrected chi connectivity index (χ3v) is 12.8. The molecule has 0 fully saturated rings. The predicted molar refractivity (Wildman–Crippen MR) is 314 cm³/mol. The highest BCUT2D eigenvalue weighted by Gasteiger charge is 2.34. The van der Waals surface area contributed by atoms with Crippen molar-refractivity contribution in [1.29, 1.82) is 0 Å². The smallest absolute Gasteiger partial charge is 0.317 e. The average Bonchev–Trinajstić information content (AvgIpc) is 1.88. The fourth-order valence-corrected chi connectivity index (χ4v) is 7.35. The van der Waals surface area contributed by atoms with Gasteiger partial charge in [-0.25, -0.2) is 0 Å². The van der Waals surface area contributed by atoms with Crippen LogP contribution in [0.4, 0.5) is 0 Å². The lowest BCUT2D eigenvalue weighted by Crippen LogP contribution is -2.49. The average molecular weight is 1420 g/mol. The quantitative estimate of drug-likeness (QED) is 0.0199. The van der Waals surface area contributed by atoms with E-state index in [9.17, 15) is 140 Å². The number of carboxylic acids is 3. The highest BCUT2D eigenvalue weighted by Crippen LogP contribution is 2.09. The first-order valence-electron chi connectivity index (χ1n) is 28.6. The van der Waals surface area contributed by atoms with Crippen LogP contribution in [-0.2, 0) is 62.5 Å². The van der Waals surface area contributed by atoms with Crippen molar-refractivity contribution in [3.05, 3.63) is 0 Å². The van der Waals surface area contributed by atoms with Crippen molar-refractivity contribution in [2.24, 2.45) is 20.6 Å². The van der Waals surface area contributed by atoms with Gasteiger partial charge in [0.2, 0.25) is 11.8 Å². The lowest BCUT2D eigenvalue weighted by atomic mass is 10.0. The summed E-state index contributed by atoms with van der Waals surface area (Å²) in [5, 5.41) is 239. The Morgan fingerprint density at radius 2 is 0.536 bits per heavy atom. The van der Waals surface area contributed by atoms with Gasteiger partial charge in [-0.15, -0.1) is 0 Å². The van der Waals surface area contributed by atoms with E-state index in [-0.39, 0.29) is 13.1 Å². The number of carbonyl (C=O) groups is 9. The van der Waals surface area contributed by atoms with Crippen molar-refractivity contribution in [1.82, 2.24) is 35.1 Å². The third kappa shape index (κ3) is 36.7. The standard InChI is InChI=1S/C50H87N11O36/c62-18-30(70)47(90)43(86)26(66)9-53-94-22-36(76)60(37(77)23-95-54-10-27(67)44(87)48(91)31(71)19-63)3-1-51-34(74)13-58(16-41(82)83)7-5-57(15-40(80)81)6-8-59(17-42(84)85)14-35(75)52-2-4-61(38(78)24-96-55-11-28(68)45(88)49(92)32(72)20-64)39(79)25-97-56-12-29(69)46(89)50(93)33(73)21-65/h9-12,26-33,43-50,62-73,86-93H,1-8,13-25H2,(H,51,74)(H,52,75)(H,80,81)(H,82,83)(H,84,85)/b53-9+,54-10+,55-11+,56-12+/t26?,27?,28?,29?,30?,31?,32?,33?,43?,44?,45?,46?,47-,48-,49-,50-/m1/s1. The number of hydrogen-bond donors (Lipinski definition) is 25. The van der Waals surface area contributed by atoms with Crippen LogP contribution in [0.15, 0.2) is 20.6 Å². The molecule has 0 heterocycles. The maximum absolute atomic E-state index is 13.2. The van der Waals surface area contributed by atoms with Crippen molar-refractivity contribution < 1.29 is 180 Å². The third-order valence-electron chi connectivity index (χ3n) is 12.8. The Bertz CT molecular complexity index is 2230. The number of rotatable bonds is 54. The summed E-state index contributed by atoms with van der Waals surface area (Å²) in [6.07, 6.45) is -30.9. The van der Waals surface area contributed by atoms with Crippen LogP contribution in [0.5, 0.6) is 0 Å². The Balaban J connectivity index is 6.24. The van der Waals surface area contributed by atoms with E-state index in [0.29, 0.717) is 34.7 Å². The maximum atomic E-state index is 13.2. The summed E-state index contributed by atoms with van der Waals surface area (Å²) < 4.78 is 0. The first-order chi connectivity index (χ1) is 45.6. The first-order valence-corrected chi connectivity index (χ1v) is 28.6. The Labute approximate surface area is 548 Å². The van der Waals surface area contributed by atoms with Gasteiger partial charge in [0.25, 0.3) is 23.6 Å². The molecule has 0 saturated heterocycles. The largest absolute Gasteiger partial charge is 0.480 e. The summed E-state index contributed by atoms with van der Waals surface area (Å²) in [4.78, 5) is 138. The van der Waals surface area contributed by atoms with Crippen LogP contribution >= 0.6 is 0 Å². The van der Waals surface area contributed by atoms with Gasteiger partial charge in [0.1, 0.15) is 97.7 Å². The zero-order chi connectivity index (χ0) is 74.1. The topological polar surface area (TPSA) is 746 Å². The van der Waals surface area contributed by atoms with Crippen LogP contribution in [0.2, 0.25) is 0 Å². The highest BCUT2D eigenvalue weighted by molar-refractivity contribution is 5.97. The lowest BCUT2D eigenvalue weighted by molar-refractivity contribution is -0.152. The van der Waals surface area contributed by atoms with E-state index in [1.54, 1.807) is 0 Å². The van der Waals surface area contributed by atoms with Crippen LogP contribution in [0, 0.1) is 0 Å². The molecule has 0 bridgehead atoms. The van der Waals surface area contributed by atoms with Crippen LogP contribution in [0.1, 0.15) is 0 Å². The summed E-state index contributed by atoms with van der Waals surface area (Å²) >= 11 is 0. The molecule has 6 amide bonds. The molecule has 0 aliphatic heterocycles. The molecule has 0 aliphatic rings. The number of aliphatic carboxylic acids is 3. The molecule has 47 nitrogen and oxygen atoms in total. The number of nitrogens with one attached hydrogen (secondary N) is 2. The summed E-state index contributed by atoms with van der Waals surface area (Å²) in [6, 6.07) is 0. The van der Waals surface area contributed by atoms with Gasteiger partial charge in [0.05, 0.1) is 84.0 Å². The van der Waals surface area contributed by atoms with Gasteiger partial charge >= 0.3 is 17.9 Å². The maximum Gasteiger partial charge on any atom is 0.317 e. The first kappa shape index (κ1) is 89.6. The fraction of sp³-hybridized carbons (Fsp3) is 0.740. The molecule has 558 valence electrons. The summed E-state index contributed by atoms with van der Waals surface area (Å²) in [5.41, 5.74) is 0. The molecule has 0 aliphatic carbocycles. The molecular formula is C50H87N11O36. The van der Waals surface area contributed by atoms with E-state index in [0.717, 1.165) is 14.7 Å². The Hall–Kier alpha value is -7.41. The van der Waals surface area contributed by atoms with Gasteiger partial charge in [0.15, 0.2) is 26.4 Å². The molecule has 0 aromatic carbocycles. The molecular weight excluding hydrogens is 1330 g/mol. The van der Waals surface area contributed by atoms with Crippen molar-refractivity contribution in [2.75, 3.05) is 138 Å². The molecule has 0 aromatic rings. The van der Waals surface area contributed by atoms with E-state index in [2.05, 4.69) is 31.3 Å². The minimum absolute atomic E-state index is 0.354. The zero-order valence-corrected chi connectivity index (χ0v) is 51.5. The van der Waals surface area contributed by atoms with E-state index in [1.807, 2.05) is 0 Å². The van der Waals surface area contributed by atoms with E-state index in [4.69, 9.17) is 39.8 Å². The molecule has 0 spiro atoms. The second-order valence-corrected chi connectivity index (χ2v) is 20.5. The number of carbonyl (C=O) groups excluding carboxylic acids is 6. The summed E-state index contributed by atoms with van der Waals surface area (Å²) in [5.74, 6) is -11.4. The molecule has 47 heteroatoms. The molecule has 12 unspecified atom stereocenters. The molecule has 16 atom stereocenters. The minimum atomic E-state index is -2.14. The van der Waals surface area contributed by atoms with Crippen molar-refractivity contribution in [3.8, 4) is 0 Å². The van der Waals surface area contributed by atoms with E-state index < -0.39 is 276 Å². The van der Waals surface area contributed by atoms with Crippen LogP contribution in [0.25, 0.3) is 0 Å². The normalized spacial score (nSPS) is 17.1. The fourth-order valence-electron chi connectivity index (χ4n) is 7.35. The number of oxime groups is 4. The number of nitrogens with zero attached hydrogens (tertiary/aromatic N) is 9. The van der Waals surface area contributed by atoms with Gasteiger partial charge in [-0.1, -0.05) is 20.6 Å². The second kappa shape index (κ2) is 49.2. The van der Waals surface area contributed by atoms with Crippen LogP contribution in [0.3, 0.4) is 0 Å². The number of amides is 6. The van der Waals surface area contributed by atoms with Gasteiger partial charge < -0.3 is 147 Å². The monoisotopic (exact) mass is 1420 g/mol. The number of imide groups is 2. The van der Waals surface area contributed by atoms with Gasteiger partial charge in [-0.3, -0.25) is 67.7 Å². The van der Waals surface area contributed by atoms with Gasteiger partial charge in [-0.05, 0) is 0 Å². The predicted octanol–water partition coefficient (Wildman–Crippen LogP) is -18.2. The number of carboxylic acid groups (broad SMARTS) is 3. The number of hydrogen-bond acceptors (Lipinski definition) is 40. The molecule has 0 saturated carbocycles. The number of aliphatic hydroxyl groups excluding tert-OH is 20. The van der Waals surface area contributed by atoms with Crippen LogP contribution in [-0.4, -0.2) is 456 Å². The molecule has 0 radical (unpaired) electrons. The van der Waals surface area contributed by atoms with Crippen molar-refractivity contribution in [2.45, 2.75) is 97.7 Å². The highest BCUT2D eigenvalue weighted by atomic mass is 16.6. The molecule has 25 N–H and O–H groups in total. The lowest BCUT2D eigenvalue weighted by Gasteiger charge is -2.28.